The van der Waals surface area contributed by atoms with E-state index in [1.165, 1.54) is 23.9 Å². The first-order chi connectivity index (χ1) is 18.7. The zero-order chi connectivity index (χ0) is 28.6. The second-order valence-electron chi connectivity index (χ2n) is 8.00. The number of aromatic hydroxyl groups is 1. The van der Waals surface area contributed by atoms with Crippen molar-refractivity contribution in [2.24, 2.45) is 7.05 Å². The Hall–Kier alpha value is -3.16. The maximum absolute atomic E-state index is 11.9. The third-order valence-electron chi connectivity index (χ3n) is 4.99. The van der Waals surface area contributed by atoms with Crippen LogP contribution in [0, 0.1) is 0 Å². The topological polar surface area (TPSA) is 154 Å². The van der Waals surface area contributed by atoms with Gasteiger partial charge in [-0.1, -0.05) is 29.3 Å². The van der Waals surface area contributed by atoms with E-state index in [1.807, 2.05) is 0 Å². The number of ether oxygens (including phenoxy) is 4. The standard InChI is InChI=1S/C25H31Cl2N3O9/c1-30-10-6-19(23(34)25(30)35)29-21(32)5-9-28-20(31)7-11-36-13-15-38-16-14-37-12-8-22(33)39-24-17(26)3-2-4-18(24)27/h2-4,6,10,34H,5,7-9,11-16H2,1H3,(H,28,31)(H,29,32). The molecule has 0 unspecified atom stereocenters. The molecule has 0 fully saturated rings. The highest BCUT2D eigenvalue weighted by molar-refractivity contribution is 6.37. The molecule has 0 spiro atoms. The first kappa shape index (κ1) is 32.1. The minimum Gasteiger partial charge on any atom is -0.502 e. The number of nitrogens with one attached hydrogen (secondary N) is 2. The number of nitrogens with zero attached hydrogens (tertiary/aromatic N) is 1. The Morgan fingerprint density at radius 1 is 0.872 bits per heavy atom. The van der Waals surface area contributed by atoms with Gasteiger partial charge in [-0.05, 0) is 18.2 Å². The summed E-state index contributed by atoms with van der Waals surface area (Å²) >= 11 is 11.9. The molecule has 0 aliphatic carbocycles. The molecule has 39 heavy (non-hydrogen) atoms. The highest BCUT2D eigenvalue weighted by atomic mass is 35.5. The summed E-state index contributed by atoms with van der Waals surface area (Å²) in [6.07, 6.45) is 1.51. The molecule has 2 amide bonds. The van der Waals surface area contributed by atoms with Crippen molar-refractivity contribution >= 4 is 46.7 Å². The third-order valence-corrected chi connectivity index (χ3v) is 5.59. The van der Waals surface area contributed by atoms with Crippen molar-refractivity contribution < 1.29 is 38.4 Å². The molecule has 14 heteroatoms. The average Bonchev–Trinajstić information content (AvgIpc) is 2.89. The molecule has 1 aromatic heterocycles. The lowest BCUT2D eigenvalue weighted by atomic mass is 10.3. The summed E-state index contributed by atoms with van der Waals surface area (Å²) in [6.45, 7) is 1.56. The van der Waals surface area contributed by atoms with E-state index in [-0.39, 0.29) is 79.6 Å². The van der Waals surface area contributed by atoms with Crippen LogP contribution in [0.25, 0.3) is 0 Å². The van der Waals surface area contributed by atoms with Crippen molar-refractivity contribution in [2.75, 3.05) is 51.5 Å². The number of carbonyl (C=O) groups excluding carboxylic acids is 3. The quantitative estimate of drug-likeness (QED) is 0.143. The first-order valence-electron chi connectivity index (χ1n) is 12.0. The summed E-state index contributed by atoms with van der Waals surface area (Å²) in [4.78, 5) is 47.3. The number of aromatic nitrogens is 1. The number of halogens is 2. The van der Waals surface area contributed by atoms with Crippen molar-refractivity contribution in [2.45, 2.75) is 19.3 Å². The number of para-hydroxylation sites is 1. The van der Waals surface area contributed by atoms with E-state index >= 15 is 0 Å². The lowest BCUT2D eigenvalue weighted by Gasteiger charge is -2.09. The summed E-state index contributed by atoms with van der Waals surface area (Å²) in [5, 5.41) is 15.3. The Balaban J connectivity index is 1.41. The molecule has 0 aliphatic rings. The van der Waals surface area contributed by atoms with Crippen LogP contribution in [-0.4, -0.2) is 73.6 Å². The van der Waals surface area contributed by atoms with Gasteiger partial charge in [-0.25, -0.2) is 0 Å². The number of benzene rings is 1. The van der Waals surface area contributed by atoms with E-state index in [0.29, 0.717) is 13.2 Å². The lowest BCUT2D eigenvalue weighted by Crippen LogP contribution is -2.28. The number of aryl methyl sites for hydroxylation is 1. The molecule has 12 nitrogen and oxygen atoms in total. The molecule has 2 rings (SSSR count). The molecule has 0 atom stereocenters. The van der Waals surface area contributed by atoms with Crippen molar-refractivity contribution in [1.29, 1.82) is 0 Å². The van der Waals surface area contributed by atoms with Gasteiger partial charge in [0, 0.05) is 32.6 Å². The molecule has 3 N–H and O–H groups in total. The highest BCUT2D eigenvalue weighted by Gasteiger charge is 2.12. The fraction of sp³-hybridized carbons (Fsp3) is 0.440. The molecular weight excluding hydrogens is 557 g/mol. The fourth-order valence-electron chi connectivity index (χ4n) is 2.94. The Labute approximate surface area is 235 Å². The van der Waals surface area contributed by atoms with E-state index in [4.69, 9.17) is 42.1 Å². The number of anilines is 1. The minimum atomic E-state index is -0.629. The number of hydrogen-bond donors (Lipinski definition) is 3. The van der Waals surface area contributed by atoms with Gasteiger partial charge in [-0.3, -0.25) is 19.2 Å². The molecule has 1 heterocycles. The SMILES string of the molecule is Cn1ccc(NC(=O)CCNC(=O)CCOCCOCCOCCC(=O)Oc2c(Cl)cccc2Cl)c(O)c1=O. The summed E-state index contributed by atoms with van der Waals surface area (Å²) in [7, 11) is 1.47. The Bertz CT molecular complexity index is 1150. The maximum atomic E-state index is 11.9. The molecular formula is C25H31Cl2N3O9. The second kappa shape index (κ2) is 17.4. The van der Waals surface area contributed by atoms with Crippen LogP contribution in [-0.2, 0) is 35.6 Å². The summed E-state index contributed by atoms with van der Waals surface area (Å²) < 4.78 is 22.3. The zero-order valence-corrected chi connectivity index (χ0v) is 22.9. The number of pyridine rings is 1. The predicted molar refractivity (Wildman–Crippen MR) is 143 cm³/mol. The van der Waals surface area contributed by atoms with E-state index in [0.717, 1.165) is 0 Å². The summed E-state index contributed by atoms with van der Waals surface area (Å²) in [5.74, 6) is -1.70. The van der Waals surface area contributed by atoms with Gasteiger partial charge in [0.25, 0.3) is 5.56 Å². The number of rotatable bonds is 17. The molecule has 0 aliphatic heterocycles. The predicted octanol–water partition coefficient (Wildman–Crippen LogP) is 2.28. The Morgan fingerprint density at radius 3 is 2.10 bits per heavy atom. The van der Waals surface area contributed by atoms with Crippen LogP contribution in [0.3, 0.4) is 0 Å². The smallest absolute Gasteiger partial charge is 0.313 e. The van der Waals surface area contributed by atoms with Gasteiger partial charge >= 0.3 is 5.97 Å². The third kappa shape index (κ3) is 12.1. The van der Waals surface area contributed by atoms with Crippen LogP contribution in [0.1, 0.15) is 19.3 Å². The van der Waals surface area contributed by atoms with Gasteiger partial charge in [-0.2, -0.15) is 0 Å². The van der Waals surface area contributed by atoms with Crippen molar-refractivity contribution in [3.05, 3.63) is 50.9 Å². The summed E-state index contributed by atoms with van der Waals surface area (Å²) in [6, 6.07) is 6.19. The molecule has 1 aromatic carbocycles. The molecule has 2 aromatic rings. The second-order valence-corrected chi connectivity index (χ2v) is 8.82. The van der Waals surface area contributed by atoms with Gasteiger partial charge in [0.1, 0.15) is 0 Å². The fourth-order valence-corrected chi connectivity index (χ4v) is 3.41. The minimum absolute atomic E-state index is 0.0108. The van der Waals surface area contributed by atoms with E-state index in [1.54, 1.807) is 18.2 Å². The van der Waals surface area contributed by atoms with E-state index < -0.39 is 23.2 Å². The highest BCUT2D eigenvalue weighted by Crippen LogP contribution is 2.32. The zero-order valence-electron chi connectivity index (χ0n) is 21.4. The number of esters is 1. The van der Waals surface area contributed by atoms with Crippen molar-refractivity contribution in [1.82, 2.24) is 9.88 Å². The number of carbonyl (C=O) groups is 3. The van der Waals surface area contributed by atoms with E-state index in [9.17, 15) is 24.3 Å². The van der Waals surface area contributed by atoms with Gasteiger partial charge in [0.2, 0.25) is 17.6 Å². The maximum Gasteiger partial charge on any atom is 0.313 e. The van der Waals surface area contributed by atoms with Crippen LogP contribution in [0.5, 0.6) is 11.5 Å². The molecule has 0 radical (unpaired) electrons. The monoisotopic (exact) mass is 587 g/mol. The van der Waals surface area contributed by atoms with Gasteiger partial charge in [0.15, 0.2) is 5.75 Å². The largest absolute Gasteiger partial charge is 0.502 e. The van der Waals surface area contributed by atoms with Crippen LogP contribution in [0.2, 0.25) is 10.0 Å². The van der Waals surface area contributed by atoms with Crippen LogP contribution < -0.4 is 20.9 Å². The van der Waals surface area contributed by atoms with Crippen LogP contribution >= 0.6 is 23.2 Å². The molecule has 0 bridgehead atoms. The molecule has 0 saturated heterocycles. The molecule has 214 valence electrons. The van der Waals surface area contributed by atoms with E-state index in [2.05, 4.69) is 10.6 Å². The number of amides is 2. The Kier molecular flexibility index (Phi) is 14.3. The van der Waals surface area contributed by atoms with Crippen LogP contribution in [0.4, 0.5) is 5.69 Å². The normalized spacial score (nSPS) is 10.7. The number of hydrogen-bond acceptors (Lipinski definition) is 9. The summed E-state index contributed by atoms with van der Waals surface area (Å²) in [5.41, 5.74) is -0.618. The van der Waals surface area contributed by atoms with Gasteiger partial charge in [-0.15, -0.1) is 0 Å². The van der Waals surface area contributed by atoms with Crippen LogP contribution in [0.15, 0.2) is 35.3 Å². The van der Waals surface area contributed by atoms with Crippen molar-refractivity contribution in [3.8, 4) is 11.5 Å². The average molecular weight is 588 g/mol. The van der Waals surface area contributed by atoms with Crippen molar-refractivity contribution in [3.63, 3.8) is 0 Å². The Morgan fingerprint density at radius 2 is 1.46 bits per heavy atom. The lowest BCUT2D eigenvalue weighted by molar-refractivity contribution is -0.135. The first-order valence-corrected chi connectivity index (χ1v) is 12.8. The van der Waals surface area contributed by atoms with Gasteiger partial charge in [0.05, 0.1) is 61.8 Å². The molecule has 0 saturated carbocycles. The van der Waals surface area contributed by atoms with Gasteiger partial charge < -0.3 is 39.3 Å².